The van der Waals surface area contributed by atoms with Crippen LogP contribution in [-0.2, 0) is 36.2 Å². The molecular weight excluding hydrogens is 451 g/mol. The van der Waals surface area contributed by atoms with E-state index in [2.05, 4.69) is 93.6 Å². The molecule has 3 aromatic carbocycles. The standard InChI is InChI=1S/C21H21P.4CH2O.Fe/c1-16-4-10-19(11-5-16)22(20-12-6-17(2)7-13-20)21-14-8-18(3)9-15-21;4*1-2;/h4-15H,1-3H3;4*1H2;. The summed E-state index contributed by atoms with van der Waals surface area (Å²) in [4.78, 5) is 32.0. The van der Waals surface area contributed by atoms with Gasteiger partial charge in [-0.1, -0.05) is 89.5 Å². The molecule has 0 saturated carbocycles. The molecule has 3 aromatic rings. The van der Waals surface area contributed by atoms with Crippen molar-refractivity contribution in [1.82, 2.24) is 0 Å². The van der Waals surface area contributed by atoms with Crippen molar-refractivity contribution in [2.24, 2.45) is 0 Å². The van der Waals surface area contributed by atoms with Crippen LogP contribution in [0.3, 0.4) is 0 Å². The number of hydrogen-bond acceptors (Lipinski definition) is 4. The molecule has 0 atom stereocenters. The van der Waals surface area contributed by atoms with E-state index >= 15 is 0 Å². The Balaban J connectivity index is -0.000000785. The number of rotatable bonds is 3. The molecule has 0 spiro atoms. The summed E-state index contributed by atoms with van der Waals surface area (Å²) in [5, 5.41) is 4.23. The summed E-state index contributed by atoms with van der Waals surface area (Å²) in [6.45, 7) is 14.4. The summed E-state index contributed by atoms with van der Waals surface area (Å²) >= 11 is 0. The first-order chi connectivity index (χ1) is 14.6. The summed E-state index contributed by atoms with van der Waals surface area (Å²) in [7, 11) is -0.483. The molecule has 166 valence electrons. The van der Waals surface area contributed by atoms with Gasteiger partial charge in [0.2, 0.25) is 0 Å². The van der Waals surface area contributed by atoms with Gasteiger partial charge in [0, 0.05) is 17.1 Å². The Morgan fingerprint density at radius 1 is 0.419 bits per heavy atom. The van der Waals surface area contributed by atoms with Crippen LogP contribution in [-0.4, -0.2) is 27.2 Å². The molecule has 0 unspecified atom stereocenters. The van der Waals surface area contributed by atoms with Crippen LogP contribution in [0.2, 0.25) is 0 Å². The second kappa shape index (κ2) is 20.6. The molecule has 0 bridgehead atoms. The van der Waals surface area contributed by atoms with Crippen LogP contribution in [0.5, 0.6) is 0 Å². The van der Waals surface area contributed by atoms with Gasteiger partial charge < -0.3 is 19.2 Å². The van der Waals surface area contributed by atoms with E-state index in [9.17, 15) is 0 Å². The summed E-state index contributed by atoms with van der Waals surface area (Å²) in [6, 6.07) is 27.0. The van der Waals surface area contributed by atoms with E-state index in [1.807, 2.05) is 27.2 Å². The van der Waals surface area contributed by atoms with Crippen LogP contribution < -0.4 is 15.9 Å². The van der Waals surface area contributed by atoms with Crippen molar-refractivity contribution in [2.45, 2.75) is 20.8 Å². The van der Waals surface area contributed by atoms with E-state index in [0.717, 1.165) is 0 Å². The van der Waals surface area contributed by atoms with Crippen LogP contribution in [0.15, 0.2) is 72.8 Å². The van der Waals surface area contributed by atoms with Crippen LogP contribution in [0.1, 0.15) is 16.7 Å². The third-order valence-corrected chi connectivity index (χ3v) is 6.32. The molecular formula is C25H29FeO4P. The largest absolute Gasteiger partial charge is 0.307 e. The molecule has 0 radical (unpaired) electrons. The predicted molar refractivity (Wildman–Crippen MR) is 128 cm³/mol. The SMILES string of the molecule is C=O.C=O.C=O.C=O.Cc1ccc(P(c2ccc(C)cc2)c2ccc(C)cc2)cc1.[Fe]. The Morgan fingerprint density at radius 3 is 0.742 bits per heavy atom. The minimum Gasteiger partial charge on any atom is -0.307 e. The van der Waals surface area contributed by atoms with Gasteiger partial charge in [0.15, 0.2) is 0 Å². The van der Waals surface area contributed by atoms with E-state index in [1.54, 1.807) is 0 Å². The van der Waals surface area contributed by atoms with Gasteiger partial charge in [-0.05, 0) is 44.6 Å². The molecule has 0 fully saturated rings. The molecule has 0 aliphatic carbocycles. The van der Waals surface area contributed by atoms with Gasteiger partial charge in [0.1, 0.15) is 27.2 Å². The van der Waals surface area contributed by atoms with E-state index in [-0.39, 0.29) is 17.1 Å². The molecule has 3 rings (SSSR count). The fourth-order valence-electron chi connectivity index (χ4n) is 2.53. The number of benzene rings is 3. The predicted octanol–water partition coefficient (Wildman–Crippen LogP) is 3.63. The molecule has 6 heteroatoms. The number of hydrogen-bond donors (Lipinski definition) is 0. The van der Waals surface area contributed by atoms with Crippen LogP contribution >= 0.6 is 7.92 Å². The third kappa shape index (κ3) is 11.3. The molecule has 0 aromatic heterocycles. The maximum absolute atomic E-state index is 8.00. The molecule has 0 aliphatic rings. The maximum atomic E-state index is 8.00. The maximum Gasteiger partial charge on any atom is 0.106 e. The van der Waals surface area contributed by atoms with Crippen LogP contribution in [0.25, 0.3) is 0 Å². The summed E-state index contributed by atoms with van der Waals surface area (Å²) in [5.41, 5.74) is 3.93. The number of carbonyl (C=O) groups excluding carboxylic acids is 4. The van der Waals surface area contributed by atoms with Gasteiger partial charge in [-0.3, -0.25) is 0 Å². The Hall–Kier alpha value is -2.71. The molecule has 0 saturated heterocycles. The average molecular weight is 480 g/mol. The first-order valence-corrected chi connectivity index (χ1v) is 10.1. The van der Waals surface area contributed by atoms with Crippen molar-refractivity contribution in [2.75, 3.05) is 0 Å². The fourth-order valence-corrected chi connectivity index (χ4v) is 4.76. The second-order valence-electron chi connectivity index (χ2n) is 5.84. The van der Waals surface area contributed by atoms with Crippen LogP contribution in [0, 0.1) is 20.8 Å². The van der Waals surface area contributed by atoms with E-state index in [0.29, 0.717) is 0 Å². The van der Waals surface area contributed by atoms with Crippen molar-refractivity contribution in [3.63, 3.8) is 0 Å². The normalized spacial score (nSPS) is 8.26. The summed E-state index contributed by atoms with van der Waals surface area (Å²) in [5.74, 6) is 0. The van der Waals surface area contributed by atoms with E-state index < -0.39 is 7.92 Å². The average Bonchev–Trinajstić information content (AvgIpc) is 2.83. The Kier molecular flexibility index (Phi) is 21.8. The molecule has 0 N–H and O–H groups in total. The topological polar surface area (TPSA) is 68.3 Å². The molecule has 0 aliphatic heterocycles. The molecule has 0 amide bonds. The Labute approximate surface area is 197 Å². The monoisotopic (exact) mass is 480 g/mol. The van der Waals surface area contributed by atoms with Crippen LogP contribution in [0.4, 0.5) is 0 Å². The number of aryl methyl sites for hydroxylation is 3. The molecule has 0 heterocycles. The van der Waals surface area contributed by atoms with Crippen molar-refractivity contribution < 1.29 is 36.2 Å². The van der Waals surface area contributed by atoms with Gasteiger partial charge in [-0.15, -0.1) is 0 Å². The van der Waals surface area contributed by atoms with Gasteiger partial charge >= 0.3 is 0 Å². The van der Waals surface area contributed by atoms with Crippen molar-refractivity contribution in [1.29, 1.82) is 0 Å². The quantitative estimate of drug-likeness (QED) is 0.424. The second-order valence-corrected chi connectivity index (χ2v) is 8.06. The van der Waals surface area contributed by atoms with Crippen molar-refractivity contribution >= 4 is 51.0 Å². The summed E-state index contributed by atoms with van der Waals surface area (Å²) in [6.07, 6.45) is 0. The van der Waals surface area contributed by atoms with E-state index in [4.69, 9.17) is 19.2 Å². The zero-order valence-corrected chi connectivity index (χ0v) is 20.2. The van der Waals surface area contributed by atoms with Gasteiger partial charge in [0.05, 0.1) is 0 Å². The Morgan fingerprint density at radius 2 is 0.581 bits per heavy atom. The molecule has 31 heavy (non-hydrogen) atoms. The first-order valence-electron chi connectivity index (χ1n) is 8.79. The van der Waals surface area contributed by atoms with Gasteiger partial charge in [-0.25, -0.2) is 0 Å². The van der Waals surface area contributed by atoms with E-state index in [1.165, 1.54) is 32.6 Å². The van der Waals surface area contributed by atoms with Gasteiger partial charge in [0.25, 0.3) is 0 Å². The zero-order valence-electron chi connectivity index (χ0n) is 18.2. The van der Waals surface area contributed by atoms with Crippen molar-refractivity contribution in [3.8, 4) is 0 Å². The minimum absolute atomic E-state index is 0. The van der Waals surface area contributed by atoms with Gasteiger partial charge in [-0.2, -0.15) is 0 Å². The summed E-state index contributed by atoms with van der Waals surface area (Å²) < 4.78 is 0. The minimum atomic E-state index is -0.483. The molecule has 4 nitrogen and oxygen atoms in total. The smallest absolute Gasteiger partial charge is 0.106 e. The Bertz CT molecular complexity index is 705. The third-order valence-electron chi connectivity index (χ3n) is 3.88. The zero-order chi connectivity index (χ0) is 23.5. The van der Waals surface area contributed by atoms with Crippen molar-refractivity contribution in [3.05, 3.63) is 89.5 Å². The number of carbonyl (C=O) groups is 4. The first kappa shape index (κ1) is 32.9. The fraction of sp³-hybridized carbons (Fsp3) is 0.120.